The molecule has 2 saturated heterocycles. The summed E-state index contributed by atoms with van der Waals surface area (Å²) in [4.78, 5) is 31.8. The summed E-state index contributed by atoms with van der Waals surface area (Å²) in [6.45, 7) is 2.96. The Bertz CT molecular complexity index is 1010. The van der Waals surface area contributed by atoms with E-state index in [2.05, 4.69) is 0 Å². The van der Waals surface area contributed by atoms with Gasteiger partial charge in [0.05, 0.1) is 24.9 Å². The Hall–Kier alpha value is -1.72. The van der Waals surface area contributed by atoms with Gasteiger partial charge in [0.25, 0.3) is 0 Å². The van der Waals surface area contributed by atoms with Crippen LogP contribution in [0, 0.1) is 0 Å². The summed E-state index contributed by atoms with van der Waals surface area (Å²) < 4.78 is 44.5. The molecule has 2 aliphatic rings. The van der Waals surface area contributed by atoms with Crippen molar-refractivity contribution in [2.45, 2.75) is 101 Å². The van der Waals surface area contributed by atoms with E-state index in [0.29, 0.717) is 13.0 Å². The molecule has 15 nitrogen and oxygen atoms in total. The quantitative estimate of drug-likeness (QED) is 0.106. The maximum atomic E-state index is 12.9. The second-order valence-electron chi connectivity index (χ2n) is 10.1. The number of phosphoric acid groups is 1. The number of phosphoric ester groups is 1. The topological polar surface area (TPSA) is 237 Å². The molecule has 0 spiro atoms. The summed E-state index contributed by atoms with van der Waals surface area (Å²) >= 11 is 0. The highest BCUT2D eigenvalue weighted by atomic mass is 31.2. The molecule has 41 heavy (non-hydrogen) atoms. The lowest BCUT2D eigenvalue weighted by Gasteiger charge is -2.42. The van der Waals surface area contributed by atoms with Crippen molar-refractivity contribution < 1.29 is 67.8 Å². The second-order valence-corrected chi connectivity index (χ2v) is 11.3. The Morgan fingerprint density at radius 3 is 2.39 bits per heavy atom. The third-order valence-corrected chi connectivity index (χ3v) is 7.26. The minimum Gasteiger partial charge on any atom is -0.461 e. The third kappa shape index (κ3) is 9.92. The maximum Gasteiger partial charge on any atom is 0.470 e. The molecule has 234 valence electrons. The van der Waals surface area contributed by atoms with Crippen molar-refractivity contribution in [2.24, 2.45) is 5.73 Å². The van der Waals surface area contributed by atoms with Gasteiger partial charge >= 0.3 is 13.8 Å². The Labute approximate surface area is 237 Å². The highest BCUT2D eigenvalue weighted by Crippen LogP contribution is 2.42. The molecule has 1 aromatic rings. The van der Waals surface area contributed by atoms with Gasteiger partial charge in [0.15, 0.2) is 12.4 Å². The number of rotatable bonds is 13. The van der Waals surface area contributed by atoms with Gasteiger partial charge in [-0.25, -0.2) is 4.57 Å². The van der Waals surface area contributed by atoms with Crippen LogP contribution in [0.4, 0.5) is 0 Å². The summed E-state index contributed by atoms with van der Waals surface area (Å²) in [6.07, 6.45) is -11.7. The number of aliphatic hydroxyl groups excluding tert-OH is 4. The Kier molecular flexibility index (Phi) is 12.5. The van der Waals surface area contributed by atoms with Crippen LogP contribution in [0.2, 0.25) is 0 Å². The Morgan fingerprint density at radius 2 is 1.78 bits per heavy atom. The predicted octanol–water partition coefficient (Wildman–Crippen LogP) is -0.924. The zero-order valence-corrected chi connectivity index (χ0v) is 23.7. The fourth-order valence-electron chi connectivity index (χ4n) is 4.47. The van der Waals surface area contributed by atoms with Crippen LogP contribution in [0.1, 0.15) is 38.7 Å². The Morgan fingerprint density at radius 1 is 1.10 bits per heavy atom. The number of esters is 1. The van der Waals surface area contributed by atoms with Crippen LogP contribution in [0.15, 0.2) is 24.3 Å². The molecule has 16 heteroatoms. The van der Waals surface area contributed by atoms with Gasteiger partial charge in [-0.15, -0.1) is 0 Å². The lowest BCUT2D eigenvalue weighted by Crippen LogP contribution is -2.62. The molecule has 2 aliphatic heterocycles. The molecule has 10 atom stereocenters. The lowest BCUT2D eigenvalue weighted by atomic mass is 9.99. The molecule has 8 N–H and O–H groups in total. The van der Waals surface area contributed by atoms with Gasteiger partial charge in [0.1, 0.15) is 30.2 Å². The van der Waals surface area contributed by atoms with Gasteiger partial charge in [-0.05, 0) is 50.9 Å². The van der Waals surface area contributed by atoms with Gasteiger partial charge in [-0.2, -0.15) is 0 Å². The first kappa shape index (κ1) is 33.8. The number of carbonyl (C=O) groups is 1. The van der Waals surface area contributed by atoms with E-state index in [1.165, 1.54) is 0 Å². The van der Waals surface area contributed by atoms with Crippen molar-refractivity contribution in [3.05, 3.63) is 29.8 Å². The first-order chi connectivity index (χ1) is 19.3. The van der Waals surface area contributed by atoms with Crippen LogP contribution >= 0.6 is 7.82 Å². The number of benzene rings is 1. The van der Waals surface area contributed by atoms with Gasteiger partial charge in [-0.3, -0.25) is 9.32 Å². The minimum atomic E-state index is -5.21. The van der Waals surface area contributed by atoms with Crippen molar-refractivity contribution in [3.8, 4) is 5.75 Å². The van der Waals surface area contributed by atoms with Crippen LogP contribution in [0.25, 0.3) is 0 Å². The predicted molar refractivity (Wildman–Crippen MR) is 139 cm³/mol. The van der Waals surface area contributed by atoms with E-state index in [1.54, 1.807) is 38.1 Å². The summed E-state index contributed by atoms with van der Waals surface area (Å²) in [5, 5.41) is 40.3. The van der Waals surface area contributed by atoms with Crippen molar-refractivity contribution in [2.75, 3.05) is 13.2 Å². The molecule has 0 aliphatic carbocycles. The van der Waals surface area contributed by atoms with E-state index < -0.39 is 81.8 Å². The normalized spacial score (nSPS) is 33.2. The monoisotopic (exact) mass is 609 g/mol. The molecule has 0 saturated carbocycles. The Balaban J connectivity index is 1.70. The summed E-state index contributed by atoms with van der Waals surface area (Å²) in [5.74, 6) is -0.615. The molecule has 0 amide bonds. The van der Waals surface area contributed by atoms with Crippen molar-refractivity contribution in [3.63, 3.8) is 0 Å². The van der Waals surface area contributed by atoms with E-state index in [1.807, 2.05) is 0 Å². The number of aliphatic hydroxyl groups is 4. The smallest absolute Gasteiger partial charge is 0.461 e. The first-order valence-electron chi connectivity index (χ1n) is 13.3. The maximum absolute atomic E-state index is 12.9. The van der Waals surface area contributed by atoms with Crippen molar-refractivity contribution in [1.29, 1.82) is 0 Å². The van der Waals surface area contributed by atoms with Crippen molar-refractivity contribution >= 4 is 13.8 Å². The third-order valence-electron chi connectivity index (χ3n) is 6.74. The van der Waals surface area contributed by atoms with E-state index >= 15 is 0 Å². The number of carbonyl (C=O) groups excluding carboxylic acids is 1. The number of hydrogen-bond acceptors (Lipinski definition) is 13. The van der Waals surface area contributed by atoms with Gasteiger partial charge in [-0.1, -0.05) is 12.1 Å². The van der Waals surface area contributed by atoms with Gasteiger partial charge in [0.2, 0.25) is 6.29 Å². The van der Waals surface area contributed by atoms with Gasteiger partial charge < -0.3 is 59.6 Å². The van der Waals surface area contributed by atoms with Crippen molar-refractivity contribution in [1.82, 2.24) is 0 Å². The first-order valence-corrected chi connectivity index (χ1v) is 14.8. The second kappa shape index (κ2) is 15.1. The summed E-state index contributed by atoms with van der Waals surface area (Å²) in [5.41, 5.74) is 6.49. The van der Waals surface area contributed by atoms with Crippen LogP contribution in [0.3, 0.4) is 0 Å². The zero-order chi connectivity index (χ0) is 30.3. The van der Waals surface area contributed by atoms with E-state index in [9.17, 15) is 39.6 Å². The largest absolute Gasteiger partial charge is 0.470 e. The summed E-state index contributed by atoms with van der Waals surface area (Å²) in [7, 11) is -5.21. The SMILES string of the molecule is C[C@H](CCC(=O)O[C@H]1[C@H](Oc2ccc(CCN)cc2)O[C@H](CO)[C@@H](O)[C@@H]1OP(=O)(O)O)O[C@@H]1O[C@@H](C)[C@H](O)C[C@H]1O. The highest BCUT2D eigenvalue weighted by molar-refractivity contribution is 7.46. The highest BCUT2D eigenvalue weighted by Gasteiger charge is 2.51. The zero-order valence-electron chi connectivity index (χ0n) is 22.8. The molecule has 3 rings (SSSR count). The minimum absolute atomic E-state index is 0.0670. The van der Waals surface area contributed by atoms with Crippen LogP contribution in [-0.4, -0.2) is 111 Å². The summed E-state index contributed by atoms with van der Waals surface area (Å²) in [6, 6.07) is 6.66. The molecule has 1 aromatic carbocycles. The lowest BCUT2D eigenvalue weighted by molar-refractivity contribution is -0.280. The molecular formula is C25H40NO14P. The standard InChI is InChI=1S/C25H40NO14P/c1-13(35-24-18(29)11-17(28)14(2)36-24)3-8-20(30)39-23-22(40-41(32,33)34)21(31)19(12-27)38-25(23)37-16-6-4-15(5-7-16)9-10-26/h4-7,13-14,17-19,21-25,27-29,31H,3,8-12,26H2,1-2H3,(H2,32,33,34)/t13-,14+,17-,18-,19-,21-,22+,23-,24-,25-/m1/s1. The molecular weight excluding hydrogens is 569 g/mol. The molecule has 2 heterocycles. The molecule has 2 fully saturated rings. The molecule has 0 aromatic heterocycles. The number of ether oxygens (including phenoxy) is 5. The fourth-order valence-corrected chi connectivity index (χ4v) is 5.03. The van der Waals surface area contributed by atoms with E-state index in [-0.39, 0.29) is 25.0 Å². The fraction of sp³-hybridized carbons (Fsp3) is 0.720. The molecule has 0 radical (unpaired) electrons. The van der Waals surface area contributed by atoms with E-state index in [0.717, 1.165) is 5.56 Å². The van der Waals surface area contributed by atoms with Crippen LogP contribution in [-0.2, 0) is 39.3 Å². The molecule has 0 bridgehead atoms. The van der Waals surface area contributed by atoms with E-state index in [4.69, 9.17) is 33.9 Å². The molecule has 0 unspecified atom stereocenters. The average Bonchev–Trinajstić information content (AvgIpc) is 2.90. The average molecular weight is 610 g/mol. The van der Waals surface area contributed by atoms with Crippen LogP contribution in [0.5, 0.6) is 5.75 Å². The van der Waals surface area contributed by atoms with Gasteiger partial charge in [0, 0.05) is 12.8 Å². The number of nitrogens with two attached hydrogens (primary N) is 1. The number of hydrogen-bond donors (Lipinski definition) is 7. The van der Waals surface area contributed by atoms with Crippen LogP contribution < -0.4 is 10.5 Å².